The number of hydrogen-bond donors (Lipinski definition) is 0. The fourth-order valence-corrected chi connectivity index (χ4v) is 3.72. The Morgan fingerprint density at radius 1 is 1.22 bits per heavy atom. The molecule has 1 aliphatic heterocycles. The maximum atomic E-state index is 12.6. The molecular weight excluding hydrogens is 344 g/mol. The molecule has 27 heavy (non-hydrogen) atoms. The second kappa shape index (κ2) is 7.61. The minimum Gasteiger partial charge on any atom is -0.493 e. The average Bonchev–Trinajstić information content (AvgIpc) is 2.96. The molecule has 0 N–H and O–H groups in total. The summed E-state index contributed by atoms with van der Waals surface area (Å²) in [6.45, 7) is 5.87. The maximum absolute atomic E-state index is 12.6. The van der Waals surface area contributed by atoms with E-state index in [4.69, 9.17) is 18.9 Å². The number of fused-ring (bicyclic) bond motifs is 1. The standard InChI is InChI=1S/C22H26O5/c1-6-9-22(26-5)13-16-14(2)18(27-19(16)12-21(22)23)10-15-7-8-17(24-3)20(11-15)25-4/h6-8,11-14,18H,1,9-10H2,2-5H3/t14-,18-,22-/m0/s1. The minimum absolute atomic E-state index is 0.0650. The highest BCUT2D eigenvalue weighted by atomic mass is 16.5. The molecule has 1 aliphatic carbocycles. The van der Waals surface area contributed by atoms with E-state index in [1.165, 1.54) is 0 Å². The van der Waals surface area contributed by atoms with Crippen molar-refractivity contribution < 1.29 is 23.7 Å². The molecule has 0 bridgehead atoms. The third-order valence-corrected chi connectivity index (χ3v) is 5.38. The van der Waals surface area contributed by atoms with Crippen LogP contribution in [0.4, 0.5) is 0 Å². The predicted octanol–water partition coefficient (Wildman–Crippen LogP) is 3.64. The third kappa shape index (κ3) is 3.39. The molecule has 5 heteroatoms. The highest BCUT2D eigenvalue weighted by molar-refractivity contribution is 6.01. The fraction of sp³-hybridized carbons (Fsp3) is 0.409. The molecule has 0 saturated carbocycles. The molecule has 1 heterocycles. The summed E-state index contributed by atoms with van der Waals surface area (Å²) in [4.78, 5) is 12.6. The Morgan fingerprint density at radius 2 is 1.96 bits per heavy atom. The molecule has 5 nitrogen and oxygen atoms in total. The zero-order valence-corrected chi connectivity index (χ0v) is 16.3. The smallest absolute Gasteiger partial charge is 0.195 e. The molecule has 3 rings (SSSR count). The lowest BCUT2D eigenvalue weighted by Crippen LogP contribution is -2.39. The highest BCUT2D eigenvalue weighted by Gasteiger charge is 2.44. The van der Waals surface area contributed by atoms with Crippen molar-refractivity contribution in [2.45, 2.75) is 31.5 Å². The Morgan fingerprint density at radius 3 is 2.59 bits per heavy atom. The van der Waals surface area contributed by atoms with E-state index < -0.39 is 5.60 Å². The van der Waals surface area contributed by atoms with E-state index in [0.29, 0.717) is 30.1 Å². The Labute approximate surface area is 160 Å². The lowest BCUT2D eigenvalue weighted by Gasteiger charge is -2.29. The van der Waals surface area contributed by atoms with Gasteiger partial charge in [0.2, 0.25) is 0 Å². The predicted molar refractivity (Wildman–Crippen MR) is 103 cm³/mol. The highest BCUT2D eigenvalue weighted by Crippen LogP contribution is 2.42. The second-order valence-electron chi connectivity index (χ2n) is 6.90. The van der Waals surface area contributed by atoms with Gasteiger partial charge in [0.25, 0.3) is 0 Å². The van der Waals surface area contributed by atoms with Crippen molar-refractivity contribution in [1.29, 1.82) is 0 Å². The molecule has 0 unspecified atom stereocenters. The van der Waals surface area contributed by atoms with E-state index in [1.807, 2.05) is 24.3 Å². The van der Waals surface area contributed by atoms with Gasteiger partial charge in [-0.3, -0.25) is 4.79 Å². The van der Waals surface area contributed by atoms with Crippen LogP contribution in [0.2, 0.25) is 0 Å². The van der Waals surface area contributed by atoms with Gasteiger partial charge in [-0.25, -0.2) is 0 Å². The Balaban J connectivity index is 1.85. The number of ketones is 1. The molecule has 1 aromatic carbocycles. The summed E-state index contributed by atoms with van der Waals surface area (Å²) in [6, 6.07) is 5.86. The van der Waals surface area contributed by atoms with Crippen molar-refractivity contribution in [1.82, 2.24) is 0 Å². The van der Waals surface area contributed by atoms with Crippen molar-refractivity contribution in [3.05, 3.63) is 59.9 Å². The van der Waals surface area contributed by atoms with Crippen LogP contribution in [0.25, 0.3) is 0 Å². The topological polar surface area (TPSA) is 54.0 Å². The summed E-state index contributed by atoms with van der Waals surface area (Å²) >= 11 is 0. The molecule has 0 aromatic heterocycles. The minimum atomic E-state index is -0.976. The molecule has 0 radical (unpaired) electrons. The van der Waals surface area contributed by atoms with Crippen LogP contribution in [-0.4, -0.2) is 38.8 Å². The van der Waals surface area contributed by atoms with Gasteiger partial charge in [0.15, 0.2) is 22.9 Å². The van der Waals surface area contributed by atoms with Gasteiger partial charge in [-0.15, -0.1) is 6.58 Å². The van der Waals surface area contributed by atoms with E-state index in [9.17, 15) is 4.79 Å². The van der Waals surface area contributed by atoms with Gasteiger partial charge < -0.3 is 18.9 Å². The Kier molecular flexibility index (Phi) is 5.42. The quantitative estimate of drug-likeness (QED) is 0.686. The van der Waals surface area contributed by atoms with Crippen LogP contribution in [0, 0.1) is 5.92 Å². The van der Waals surface area contributed by atoms with Gasteiger partial charge in [-0.1, -0.05) is 19.1 Å². The van der Waals surface area contributed by atoms with Crippen molar-refractivity contribution in [3.63, 3.8) is 0 Å². The lowest BCUT2D eigenvalue weighted by atomic mass is 9.82. The lowest BCUT2D eigenvalue weighted by molar-refractivity contribution is -0.130. The van der Waals surface area contributed by atoms with Crippen molar-refractivity contribution in [2.75, 3.05) is 21.3 Å². The summed E-state index contributed by atoms with van der Waals surface area (Å²) in [5.41, 5.74) is 1.12. The third-order valence-electron chi connectivity index (χ3n) is 5.38. The molecule has 3 atom stereocenters. The first kappa shape index (κ1) is 19.2. The summed E-state index contributed by atoms with van der Waals surface area (Å²) in [6.07, 6.45) is 6.25. The van der Waals surface area contributed by atoms with Gasteiger partial charge in [0, 0.05) is 37.5 Å². The zero-order valence-electron chi connectivity index (χ0n) is 16.3. The summed E-state index contributed by atoms with van der Waals surface area (Å²) in [5, 5.41) is 0. The first-order chi connectivity index (χ1) is 13.0. The van der Waals surface area contributed by atoms with Crippen LogP contribution in [0.3, 0.4) is 0 Å². The molecule has 0 amide bonds. The average molecular weight is 370 g/mol. The van der Waals surface area contributed by atoms with E-state index in [2.05, 4.69) is 13.5 Å². The molecule has 1 saturated heterocycles. The first-order valence-corrected chi connectivity index (χ1v) is 9.01. The normalized spacial score (nSPS) is 26.6. The van der Waals surface area contributed by atoms with Crippen LogP contribution in [0.15, 0.2) is 54.3 Å². The van der Waals surface area contributed by atoms with Crippen molar-refractivity contribution in [2.24, 2.45) is 5.92 Å². The van der Waals surface area contributed by atoms with Crippen LogP contribution in [0.1, 0.15) is 18.9 Å². The number of ether oxygens (including phenoxy) is 4. The summed E-state index contributed by atoms with van der Waals surface area (Å²) in [7, 11) is 4.79. The molecule has 144 valence electrons. The van der Waals surface area contributed by atoms with Gasteiger partial charge in [-0.2, -0.15) is 0 Å². The zero-order chi connectivity index (χ0) is 19.6. The molecule has 1 aromatic rings. The SMILES string of the molecule is C=CC[C@]1(OC)C=C2C(=CC1=O)O[C@@H](Cc1ccc(OC)c(OC)c1)[C@H]2C. The number of rotatable bonds is 7. The van der Waals surface area contributed by atoms with Crippen molar-refractivity contribution in [3.8, 4) is 11.5 Å². The number of hydrogen-bond acceptors (Lipinski definition) is 5. The van der Waals surface area contributed by atoms with Gasteiger partial charge in [0.1, 0.15) is 11.9 Å². The summed E-state index contributed by atoms with van der Waals surface area (Å²) < 4.78 is 22.4. The van der Waals surface area contributed by atoms with E-state index in [-0.39, 0.29) is 17.8 Å². The molecule has 2 aliphatic rings. The van der Waals surface area contributed by atoms with Crippen LogP contribution in [0.5, 0.6) is 11.5 Å². The number of benzene rings is 1. The van der Waals surface area contributed by atoms with Gasteiger partial charge in [0.05, 0.1) is 14.2 Å². The monoisotopic (exact) mass is 370 g/mol. The Hall–Kier alpha value is -2.53. The van der Waals surface area contributed by atoms with Crippen LogP contribution < -0.4 is 9.47 Å². The maximum Gasteiger partial charge on any atom is 0.195 e. The number of allylic oxidation sites excluding steroid dienone is 1. The van der Waals surface area contributed by atoms with Crippen molar-refractivity contribution >= 4 is 5.78 Å². The Bertz CT molecular complexity index is 807. The summed E-state index contributed by atoms with van der Waals surface area (Å²) in [5.74, 6) is 2.06. The van der Waals surface area contributed by atoms with Crippen LogP contribution in [-0.2, 0) is 20.7 Å². The molecule has 1 fully saturated rings. The van der Waals surface area contributed by atoms with Crippen LogP contribution >= 0.6 is 0 Å². The largest absolute Gasteiger partial charge is 0.493 e. The second-order valence-corrected chi connectivity index (χ2v) is 6.90. The number of methoxy groups -OCH3 is 3. The number of carbonyl (C=O) groups is 1. The molecule has 0 spiro atoms. The van der Waals surface area contributed by atoms with E-state index >= 15 is 0 Å². The van der Waals surface area contributed by atoms with Gasteiger partial charge in [-0.05, 0) is 23.8 Å². The van der Waals surface area contributed by atoms with E-state index in [0.717, 1.165) is 11.1 Å². The number of carbonyl (C=O) groups excluding carboxylic acids is 1. The fourth-order valence-electron chi connectivity index (χ4n) is 3.72. The first-order valence-electron chi connectivity index (χ1n) is 9.01. The van der Waals surface area contributed by atoms with E-state index in [1.54, 1.807) is 33.5 Å². The van der Waals surface area contributed by atoms with Gasteiger partial charge >= 0.3 is 0 Å². The molecular formula is C22H26O5.